The molecule has 3 nitrogen and oxygen atoms in total. The van der Waals surface area contributed by atoms with Gasteiger partial charge in [0, 0.05) is 30.6 Å². The number of nitrogens with zero attached hydrogens (tertiary/aromatic N) is 2. The maximum absolute atomic E-state index is 12.3. The number of likely N-dealkylation sites (tertiary alicyclic amines) is 1. The summed E-state index contributed by atoms with van der Waals surface area (Å²) in [4.78, 5) is 18.0. The van der Waals surface area contributed by atoms with Crippen molar-refractivity contribution in [2.75, 3.05) is 13.1 Å². The molecule has 1 saturated heterocycles. The van der Waals surface area contributed by atoms with Crippen molar-refractivity contribution in [3.05, 3.63) is 70.9 Å². The molecule has 1 amide bonds. The third-order valence-corrected chi connectivity index (χ3v) is 5.47. The molecule has 0 saturated carbocycles. The van der Waals surface area contributed by atoms with Gasteiger partial charge in [-0.2, -0.15) is 0 Å². The van der Waals surface area contributed by atoms with Crippen LogP contribution in [0.3, 0.4) is 0 Å². The van der Waals surface area contributed by atoms with Gasteiger partial charge in [0.05, 0.1) is 6.54 Å². The highest BCUT2D eigenvalue weighted by Gasteiger charge is 2.27. The Morgan fingerprint density at radius 3 is 2.58 bits per heavy atom. The van der Waals surface area contributed by atoms with E-state index in [1.807, 2.05) is 11.0 Å². The van der Waals surface area contributed by atoms with Gasteiger partial charge in [-0.05, 0) is 35.9 Å². The predicted octanol–water partition coefficient (Wildman–Crippen LogP) is 3.93. The molecule has 4 heteroatoms. The molecule has 1 aromatic carbocycles. The number of amides is 1. The van der Waals surface area contributed by atoms with Crippen molar-refractivity contribution in [1.82, 2.24) is 9.80 Å². The van der Waals surface area contributed by atoms with Crippen LogP contribution in [0.15, 0.2) is 60.5 Å². The first kappa shape index (κ1) is 16.9. The maximum atomic E-state index is 12.3. The zero-order chi connectivity index (χ0) is 16.8. The number of hydrogen-bond acceptors (Lipinski definition) is 3. The van der Waals surface area contributed by atoms with Crippen molar-refractivity contribution in [1.29, 1.82) is 0 Å². The number of benzene rings is 1. The van der Waals surface area contributed by atoms with Gasteiger partial charge in [-0.15, -0.1) is 11.3 Å². The van der Waals surface area contributed by atoms with Crippen molar-refractivity contribution < 1.29 is 4.79 Å². The summed E-state index contributed by atoms with van der Waals surface area (Å²) in [6.07, 6.45) is 3.50. The number of piperidine rings is 1. The van der Waals surface area contributed by atoms with E-state index >= 15 is 0 Å². The molecule has 2 aromatic rings. The molecule has 2 heterocycles. The van der Waals surface area contributed by atoms with E-state index in [2.05, 4.69) is 53.3 Å². The first-order valence-electron chi connectivity index (χ1n) is 8.48. The number of carbonyl (C=O) groups is 1. The van der Waals surface area contributed by atoms with E-state index in [1.54, 1.807) is 11.3 Å². The summed E-state index contributed by atoms with van der Waals surface area (Å²) in [6.45, 7) is 7.44. The van der Waals surface area contributed by atoms with Gasteiger partial charge >= 0.3 is 0 Å². The first-order chi connectivity index (χ1) is 11.8. The largest absolute Gasteiger partial charge is 0.331 e. The molecule has 0 bridgehead atoms. The third kappa shape index (κ3) is 4.34. The van der Waals surface area contributed by atoms with Crippen LogP contribution in [0, 0.1) is 0 Å². The summed E-state index contributed by atoms with van der Waals surface area (Å²) in [6, 6.07) is 15.0. The van der Waals surface area contributed by atoms with Crippen LogP contribution in [0.25, 0.3) is 0 Å². The van der Waals surface area contributed by atoms with Gasteiger partial charge in [0.1, 0.15) is 0 Å². The lowest BCUT2D eigenvalue weighted by Crippen LogP contribution is -2.46. The Morgan fingerprint density at radius 1 is 1.21 bits per heavy atom. The minimum absolute atomic E-state index is 0.0462. The SMILES string of the molecule is C=CC(=O)N(Cc1cccs1)C1CCN(Cc2ccccc2)CC1. The lowest BCUT2D eigenvalue weighted by molar-refractivity contribution is -0.129. The number of rotatable bonds is 6. The van der Waals surface area contributed by atoms with Crippen LogP contribution < -0.4 is 0 Å². The van der Waals surface area contributed by atoms with Gasteiger partial charge < -0.3 is 4.90 Å². The van der Waals surface area contributed by atoms with E-state index in [9.17, 15) is 4.79 Å². The zero-order valence-electron chi connectivity index (χ0n) is 13.9. The number of thiophene rings is 1. The molecule has 0 unspecified atom stereocenters. The quantitative estimate of drug-likeness (QED) is 0.744. The summed E-state index contributed by atoms with van der Waals surface area (Å²) in [5.74, 6) is 0.0462. The van der Waals surface area contributed by atoms with Crippen LogP contribution in [0.4, 0.5) is 0 Å². The van der Waals surface area contributed by atoms with E-state index in [1.165, 1.54) is 16.5 Å². The fourth-order valence-electron chi connectivity index (χ4n) is 3.31. The van der Waals surface area contributed by atoms with E-state index < -0.39 is 0 Å². The van der Waals surface area contributed by atoms with Gasteiger partial charge in [-0.1, -0.05) is 43.0 Å². The molecule has 0 N–H and O–H groups in total. The van der Waals surface area contributed by atoms with Gasteiger partial charge in [0.25, 0.3) is 0 Å². The molecule has 1 aliphatic rings. The van der Waals surface area contributed by atoms with Crippen molar-refractivity contribution in [2.45, 2.75) is 32.0 Å². The van der Waals surface area contributed by atoms with Gasteiger partial charge in [-0.3, -0.25) is 9.69 Å². The molecule has 1 aromatic heterocycles. The van der Waals surface area contributed by atoms with E-state index in [0.717, 1.165) is 32.5 Å². The minimum atomic E-state index is 0.0462. The highest BCUT2D eigenvalue weighted by molar-refractivity contribution is 7.09. The Bertz CT molecular complexity index is 646. The van der Waals surface area contributed by atoms with Crippen molar-refractivity contribution in [2.24, 2.45) is 0 Å². The van der Waals surface area contributed by atoms with Crippen LogP contribution in [0.1, 0.15) is 23.3 Å². The molecule has 24 heavy (non-hydrogen) atoms. The van der Waals surface area contributed by atoms with Gasteiger partial charge in [-0.25, -0.2) is 0 Å². The van der Waals surface area contributed by atoms with E-state index in [-0.39, 0.29) is 5.91 Å². The second-order valence-electron chi connectivity index (χ2n) is 6.24. The molecule has 1 fully saturated rings. The Morgan fingerprint density at radius 2 is 1.96 bits per heavy atom. The van der Waals surface area contributed by atoms with Gasteiger partial charge in [0.15, 0.2) is 0 Å². The van der Waals surface area contributed by atoms with E-state index in [0.29, 0.717) is 12.6 Å². The molecule has 0 radical (unpaired) electrons. The molecule has 0 aliphatic carbocycles. The third-order valence-electron chi connectivity index (χ3n) is 4.61. The smallest absolute Gasteiger partial charge is 0.246 e. The summed E-state index contributed by atoms with van der Waals surface area (Å²) in [7, 11) is 0. The molecule has 0 spiro atoms. The normalized spacial score (nSPS) is 16.0. The fourth-order valence-corrected chi connectivity index (χ4v) is 4.01. The molecular weight excluding hydrogens is 316 g/mol. The predicted molar refractivity (Wildman–Crippen MR) is 99.8 cm³/mol. The second kappa shape index (κ2) is 8.27. The number of carbonyl (C=O) groups excluding carboxylic acids is 1. The second-order valence-corrected chi connectivity index (χ2v) is 7.27. The monoisotopic (exact) mass is 340 g/mol. The zero-order valence-corrected chi connectivity index (χ0v) is 14.8. The van der Waals surface area contributed by atoms with Crippen molar-refractivity contribution in [3.8, 4) is 0 Å². The van der Waals surface area contributed by atoms with Crippen LogP contribution >= 0.6 is 11.3 Å². The first-order valence-corrected chi connectivity index (χ1v) is 9.36. The standard InChI is InChI=1S/C20H24N2OS/c1-2-20(23)22(16-19-9-6-14-24-19)18-10-12-21(13-11-18)15-17-7-4-3-5-8-17/h2-9,14,18H,1,10-13,15-16H2. The Kier molecular flexibility index (Phi) is 5.83. The van der Waals surface area contributed by atoms with Crippen LogP contribution in [-0.4, -0.2) is 34.8 Å². The molecule has 3 rings (SSSR count). The molecule has 1 aliphatic heterocycles. The van der Waals surface area contributed by atoms with Crippen LogP contribution in [0.2, 0.25) is 0 Å². The fraction of sp³-hybridized carbons (Fsp3) is 0.350. The molecular formula is C20H24N2OS. The summed E-state index contributed by atoms with van der Waals surface area (Å²) < 4.78 is 0. The van der Waals surface area contributed by atoms with Crippen molar-refractivity contribution in [3.63, 3.8) is 0 Å². The lowest BCUT2D eigenvalue weighted by atomic mass is 10.0. The highest BCUT2D eigenvalue weighted by atomic mass is 32.1. The maximum Gasteiger partial charge on any atom is 0.246 e. The number of hydrogen-bond donors (Lipinski definition) is 0. The highest BCUT2D eigenvalue weighted by Crippen LogP contribution is 2.22. The summed E-state index contributed by atoms with van der Waals surface area (Å²) >= 11 is 1.71. The molecule has 0 atom stereocenters. The Labute approximate surface area is 148 Å². The minimum Gasteiger partial charge on any atom is -0.331 e. The average Bonchev–Trinajstić information content (AvgIpc) is 3.14. The Hall–Kier alpha value is -1.91. The Balaban J connectivity index is 1.58. The summed E-state index contributed by atoms with van der Waals surface area (Å²) in [5.41, 5.74) is 1.36. The van der Waals surface area contributed by atoms with Crippen LogP contribution in [0.5, 0.6) is 0 Å². The molecule has 126 valence electrons. The summed E-state index contributed by atoms with van der Waals surface area (Å²) in [5, 5.41) is 2.06. The van der Waals surface area contributed by atoms with E-state index in [4.69, 9.17) is 0 Å². The average molecular weight is 340 g/mol. The van der Waals surface area contributed by atoms with Crippen molar-refractivity contribution >= 4 is 17.2 Å². The van der Waals surface area contributed by atoms with Crippen LogP contribution in [-0.2, 0) is 17.9 Å². The topological polar surface area (TPSA) is 23.6 Å². The lowest BCUT2D eigenvalue weighted by Gasteiger charge is -2.38. The van der Waals surface area contributed by atoms with Gasteiger partial charge in [0.2, 0.25) is 5.91 Å².